The van der Waals surface area contributed by atoms with Gasteiger partial charge < -0.3 is 15.1 Å². The van der Waals surface area contributed by atoms with Gasteiger partial charge in [-0.2, -0.15) is 0 Å². The van der Waals surface area contributed by atoms with Crippen molar-refractivity contribution < 1.29 is 9.59 Å². The van der Waals surface area contributed by atoms with Crippen LogP contribution < -0.4 is 5.32 Å². The fraction of sp³-hybridized carbons (Fsp3) is 0.458. The molecular formula is C24H29ClN4O2. The zero-order valence-electron chi connectivity index (χ0n) is 17.9. The summed E-state index contributed by atoms with van der Waals surface area (Å²) in [6.07, 6.45) is 6.91. The predicted molar refractivity (Wildman–Crippen MR) is 123 cm³/mol. The number of rotatable bonds is 7. The van der Waals surface area contributed by atoms with Crippen molar-refractivity contribution in [3.8, 4) is 0 Å². The van der Waals surface area contributed by atoms with E-state index in [4.69, 9.17) is 11.6 Å². The normalized spacial score (nSPS) is 17.4. The number of nitrogens with zero attached hydrogens (tertiary/aromatic N) is 3. The van der Waals surface area contributed by atoms with Crippen LogP contribution in [0.2, 0.25) is 5.15 Å². The van der Waals surface area contributed by atoms with Crippen LogP contribution in [-0.2, 0) is 0 Å². The van der Waals surface area contributed by atoms with Crippen LogP contribution in [0.4, 0.5) is 5.69 Å². The molecule has 1 saturated heterocycles. The van der Waals surface area contributed by atoms with Crippen LogP contribution in [0.25, 0.3) is 0 Å². The minimum atomic E-state index is -0.262. The van der Waals surface area contributed by atoms with Crippen LogP contribution in [0.15, 0.2) is 42.6 Å². The molecule has 2 fully saturated rings. The highest BCUT2D eigenvalue weighted by Crippen LogP contribution is 2.33. The topological polar surface area (TPSA) is 65.5 Å². The van der Waals surface area contributed by atoms with E-state index in [1.54, 1.807) is 36.4 Å². The van der Waals surface area contributed by atoms with Crippen LogP contribution in [-0.4, -0.2) is 58.3 Å². The van der Waals surface area contributed by atoms with Gasteiger partial charge in [0.05, 0.1) is 5.56 Å². The Morgan fingerprint density at radius 3 is 2.26 bits per heavy atom. The fourth-order valence-electron chi connectivity index (χ4n) is 4.28. The van der Waals surface area contributed by atoms with E-state index < -0.39 is 0 Å². The Morgan fingerprint density at radius 2 is 1.68 bits per heavy atom. The summed E-state index contributed by atoms with van der Waals surface area (Å²) < 4.78 is 0. The minimum absolute atomic E-state index is 0.108. The largest absolute Gasteiger partial charge is 0.333 e. The molecule has 1 aromatic carbocycles. The summed E-state index contributed by atoms with van der Waals surface area (Å²) in [5.74, 6) is -0.155. The summed E-state index contributed by atoms with van der Waals surface area (Å²) in [5.41, 5.74) is 1.75. The molecule has 0 radical (unpaired) electrons. The van der Waals surface area contributed by atoms with Gasteiger partial charge >= 0.3 is 0 Å². The second kappa shape index (κ2) is 9.79. The molecule has 7 heteroatoms. The smallest absolute Gasteiger partial charge is 0.257 e. The van der Waals surface area contributed by atoms with Crippen molar-refractivity contribution in [2.45, 2.75) is 51.1 Å². The van der Waals surface area contributed by atoms with Crippen molar-refractivity contribution in [1.82, 2.24) is 14.8 Å². The Labute approximate surface area is 188 Å². The van der Waals surface area contributed by atoms with Crippen molar-refractivity contribution in [3.63, 3.8) is 0 Å². The van der Waals surface area contributed by atoms with Crippen LogP contribution in [0.1, 0.15) is 59.7 Å². The Morgan fingerprint density at radius 1 is 1.03 bits per heavy atom. The van der Waals surface area contributed by atoms with E-state index in [1.165, 1.54) is 12.6 Å². The summed E-state index contributed by atoms with van der Waals surface area (Å²) in [7, 11) is 0. The van der Waals surface area contributed by atoms with Crippen molar-refractivity contribution in [2.75, 3.05) is 25.0 Å². The number of pyridine rings is 1. The first-order valence-corrected chi connectivity index (χ1v) is 11.5. The maximum absolute atomic E-state index is 13.3. The average Bonchev–Trinajstić information content (AvgIpc) is 3.61. The molecule has 0 bridgehead atoms. The van der Waals surface area contributed by atoms with Gasteiger partial charge in [0, 0.05) is 42.6 Å². The molecule has 0 unspecified atom stereocenters. The molecule has 1 aliphatic carbocycles. The monoisotopic (exact) mass is 440 g/mol. The molecular weight excluding hydrogens is 412 g/mol. The third-order valence-corrected chi connectivity index (χ3v) is 6.27. The minimum Gasteiger partial charge on any atom is -0.333 e. The van der Waals surface area contributed by atoms with Gasteiger partial charge in [0.1, 0.15) is 5.15 Å². The van der Waals surface area contributed by atoms with Gasteiger partial charge in [0.15, 0.2) is 0 Å². The molecule has 4 rings (SSSR count). The van der Waals surface area contributed by atoms with Crippen LogP contribution in [0.5, 0.6) is 0 Å². The molecule has 0 atom stereocenters. The second-order valence-electron chi connectivity index (χ2n) is 8.42. The molecule has 6 nitrogen and oxygen atoms in total. The first-order chi connectivity index (χ1) is 15.0. The quantitative estimate of drug-likeness (QED) is 0.645. The maximum atomic E-state index is 13.3. The molecule has 1 aromatic heterocycles. The van der Waals surface area contributed by atoms with Gasteiger partial charge in [-0.05, 0) is 75.0 Å². The SMILES string of the molecule is CCCN1CCC(N(C(=O)c2ccc(NC(=O)c3ccc(Cl)nc3)cc2)C2CC2)CC1. The van der Waals surface area contributed by atoms with Gasteiger partial charge in [0.25, 0.3) is 11.8 Å². The lowest BCUT2D eigenvalue weighted by Gasteiger charge is -2.39. The van der Waals surface area contributed by atoms with E-state index in [1.807, 2.05) is 0 Å². The van der Waals surface area contributed by atoms with Gasteiger partial charge in [-0.3, -0.25) is 9.59 Å². The molecule has 1 aliphatic heterocycles. The average molecular weight is 441 g/mol. The number of likely N-dealkylation sites (tertiary alicyclic amines) is 1. The number of carbonyl (C=O) groups excluding carboxylic acids is 2. The zero-order valence-corrected chi connectivity index (χ0v) is 18.6. The summed E-state index contributed by atoms with van der Waals surface area (Å²) >= 11 is 5.77. The van der Waals surface area contributed by atoms with E-state index in [-0.39, 0.29) is 11.8 Å². The highest BCUT2D eigenvalue weighted by atomic mass is 35.5. The Kier molecular flexibility index (Phi) is 6.88. The van der Waals surface area contributed by atoms with E-state index in [2.05, 4.69) is 27.0 Å². The number of benzene rings is 1. The summed E-state index contributed by atoms with van der Waals surface area (Å²) in [4.78, 5) is 34.2. The van der Waals surface area contributed by atoms with Crippen LogP contribution >= 0.6 is 11.6 Å². The summed E-state index contributed by atoms with van der Waals surface area (Å²) in [5, 5.41) is 3.18. The van der Waals surface area contributed by atoms with Gasteiger partial charge in [0.2, 0.25) is 0 Å². The molecule has 1 N–H and O–H groups in total. The lowest BCUT2D eigenvalue weighted by molar-refractivity contribution is 0.0549. The van der Waals surface area contributed by atoms with E-state index in [0.29, 0.717) is 34.1 Å². The summed E-state index contributed by atoms with van der Waals surface area (Å²) in [6.45, 7) is 5.49. The van der Waals surface area contributed by atoms with Gasteiger partial charge in [-0.25, -0.2) is 4.98 Å². The standard InChI is InChI=1S/C24H29ClN4O2/c1-2-13-28-14-11-21(12-15-28)29(20-8-9-20)24(31)17-3-6-19(7-4-17)27-23(30)18-5-10-22(25)26-16-18/h3-7,10,16,20-21H,2,8-9,11-15H2,1H3,(H,27,30). The van der Waals surface area contributed by atoms with Crippen LogP contribution in [0.3, 0.4) is 0 Å². The maximum Gasteiger partial charge on any atom is 0.257 e. The predicted octanol–water partition coefficient (Wildman–Crippen LogP) is 4.47. The van der Waals surface area contributed by atoms with Crippen LogP contribution in [0, 0.1) is 0 Å². The van der Waals surface area contributed by atoms with Gasteiger partial charge in [-0.15, -0.1) is 0 Å². The molecule has 2 aromatic rings. The van der Waals surface area contributed by atoms with E-state index in [9.17, 15) is 9.59 Å². The van der Waals surface area contributed by atoms with E-state index in [0.717, 1.165) is 45.3 Å². The van der Waals surface area contributed by atoms with E-state index >= 15 is 0 Å². The first-order valence-electron chi connectivity index (χ1n) is 11.1. The molecule has 0 spiro atoms. The molecule has 2 heterocycles. The number of aromatic nitrogens is 1. The van der Waals surface area contributed by atoms with Gasteiger partial charge in [-0.1, -0.05) is 18.5 Å². The molecule has 164 valence electrons. The third kappa shape index (κ3) is 5.43. The fourth-order valence-corrected chi connectivity index (χ4v) is 4.39. The number of hydrogen-bond acceptors (Lipinski definition) is 4. The lowest BCUT2D eigenvalue weighted by Crippen LogP contribution is -2.48. The molecule has 31 heavy (non-hydrogen) atoms. The van der Waals surface area contributed by atoms with Crippen molar-refractivity contribution >= 4 is 29.1 Å². The lowest BCUT2D eigenvalue weighted by atomic mass is 10.0. The second-order valence-corrected chi connectivity index (χ2v) is 8.80. The number of amides is 2. The number of piperidine rings is 1. The third-order valence-electron chi connectivity index (χ3n) is 6.04. The molecule has 1 saturated carbocycles. The first kappa shape index (κ1) is 21.8. The number of anilines is 1. The number of nitrogens with one attached hydrogen (secondary N) is 1. The number of carbonyl (C=O) groups is 2. The Hall–Kier alpha value is -2.44. The summed E-state index contributed by atoms with van der Waals surface area (Å²) in [6, 6.07) is 11.1. The number of hydrogen-bond donors (Lipinski definition) is 1. The Bertz CT molecular complexity index is 904. The van der Waals surface area contributed by atoms with Crippen molar-refractivity contribution in [1.29, 1.82) is 0 Å². The zero-order chi connectivity index (χ0) is 21.8. The number of halogens is 1. The highest BCUT2D eigenvalue weighted by Gasteiger charge is 2.38. The molecule has 2 aliphatic rings. The Balaban J connectivity index is 1.39. The molecule has 2 amide bonds. The highest BCUT2D eigenvalue weighted by molar-refractivity contribution is 6.29. The van der Waals surface area contributed by atoms with Crippen molar-refractivity contribution in [3.05, 3.63) is 58.9 Å². The van der Waals surface area contributed by atoms with Crippen molar-refractivity contribution in [2.24, 2.45) is 0 Å².